The second-order valence-electron chi connectivity index (χ2n) is 9.53. The molecule has 0 N–H and O–H groups in total. The highest BCUT2D eigenvalue weighted by Crippen LogP contribution is 2.69. The maximum atomic E-state index is 12.4. The van der Waals surface area contributed by atoms with E-state index in [1.54, 1.807) is 0 Å². The fourth-order valence-corrected chi connectivity index (χ4v) is 5.34. The molecule has 116 valence electrons. The molecule has 3 atom stereocenters. The lowest BCUT2D eigenvalue weighted by Crippen LogP contribution is -2.62. The molecule has 0 radical (unpaired) electrons. The van der Waals surface area contributed by atoms with E-state index in [2.05, 4.69) is 61.6 Å². The van der Waals surface area contributed by atoms with Crippen molar-refractivity contribution in [2.45, 2.75) is 79.1 Å². The van der Waals surface area contributed by atoms with Gasteiger partial charge in [0, 0.05) is 18.3 Å². The van der Waals surface area contributed by atoms with Gasteiger partial charge in [0.2, 0.25) is 0 Å². The molecule has 0 aromatic carbocycles. The van der Waals surface area contributed by atoms with Gasteiger partial charge in [0.1, 0.15) is 5.78 Å². The van der Waals surface area contributed by atoms with Gasteiger partial charge in [0.25, 0.3) is 0 Å². The standard InChI is InChI=1S/C17H32O2Si/c1-15(2,3)20(8,9)19-12-10-11(18)13-14(12)17(6,7)16(13,4)5/h12-14H,10H2,1-9H3/t12-,13-,14+/m0/s1. The van der Waals surface area contributed by atoms with Crippen LogP contribution in [-0.4, -0.2) is 20.2 Å². The summed E-state index contributed by atoms with van der Waals surface area (Å²) in [5, 5.41) is 0.206. The molecule has 0 aromatic rings. The van der Waals surface area contributed by atoms with Gasteiger partial charge in [0.05, 0.1) is 6.10 Å². The number of carbonyl (C=O) groups is 1. The average Bonchev–Trinajstić information content (AvgIpc) is 2.51. The summed E-state index contributed by atoms with van der Waals surface area (Å²) >= 11 is 0. The van der Waals surface area contributed by atoms with Gasteiger partial charge in [-0.15, -0.1) is 0 Å². The van der Waals surface area contributed by atoms with Crippen molar-refractivity contribution in [2.24, 2.45) is 22.7 Å². The van der Waals surface area contributed by atoms with Gasteiger partial charge in [-0.25, -0.2) is 0 Å². The molecule has 2 aliphatic carbocycles. The number of hydrogen-bond donors (Lipinski definition) is 0. The van der Waals surface area contributed by atoms with Crippen molar-refractivity contribution in [1.29, 1.82) is 0 Å². The van der Waals surface area contributed by atoms with Gasteiger partial charge in [-0.2, -0.15) is 0 Å². The number of hydrogen-bond acceptors (Lipinski definition) is 2. The van der Waals surface area contributed by atoms with Crippen LogP contribution in [0.2, 0.25) is 18.1 Å². The molecule has 0 saturated heterocycles. The van der Waals surface area contributed by atoms with Crippen molar-refractivity contribution in [2.75, 3.05) is 0 Å². The van der Waals surface area contributed by atoms with Crippen LogP contribution >= 0.6 is 0 Å². The average molecular weight is 297 g/mol. The first-order chi connectivity index (χ1) is 8.73. The predicted molar refractivity (Wildman–Crippen MR) is 86.2 cm³/mol. The van der Waals surface area contributed by atoms with Crippen LogP contribution in [0, 0.1) is 22.7 Å². The van der Waals surface area contributed by atoms with Gasteiger partial charge in [-0.3, -0.25) is 4.79 Å². The first kappa shape index (κ1) is 16.2. The Kier molecular flexibility index (Phi) is 3.40. The molecule has 2 saturated carbocycles. The summed E-state index contributed by atoms with van der Waals surface area (Å²) in [7, 11) is -1.80. The third kappa shape index (κ3) is 1.96. The highest BCUT2D eigenvalue weighted by Gasteiger charge is 2.70. The number of Topliss-reactive ketones (excluding diaryl/α,β-unsaturated/α-hetero) is 1. The van der Waals surface area contributed by atoms with E-state index in [0.29, 0.717) is 18.1 Å². The number of ketones is 1. The van der Waals surface area contributed by atoms with E-state index in [-0.39, 0.29) is 27.9 Å². The minimum Gasteiger partial charge on any atom is -0.413 e. The molecule has 2 rings (SSSR count). The molecule has 3 heteroatoms. The molecular formula is C17H32O2Si. The van der Waals surface area contributed by atoms with Gasteiger partial charge >= 0.3 is 0 Å². The first-order valence-electron chi connectivity index (χ1n) is 7.94. The highest BCUT2D eigenvalue weighted by atomic mass is 28.4. The van der Waals surface area contributed by atoms with Gasteiger partial charge < -0.3 is 4.43 Å². The Bertz CT molecular complexity index is 429. The normalized spacial score (nSPS) is 35.6. The number of fused-ring (bicyclic) bond motifs is 1. The van der Waals surface area contributed by atoms with E-state index >= 15 is 0 Å². The maximum absolute atomic E-state index is 12.4. The van der Waals surface area contributed by atoms with Crippen LogP contribution in [-0.2, 0) is 9.22 Å². The fourth-order valence-electron chi connectivity index (χ4n) is 4.00. The molecule has 0 amide bonds. The summed E-state index contributed by atoms with van der Waals surface area (Å²) in [6, 6.07) is 0. The summed E-state index contributed by atoms with van der Waals surface area (Å²) < 4.78 is 6.61. The van der Waals surface area contributed by atoms with Crippen molar-refractivity contribution in [3.05, 3.63) is 0 Å². The predicted octanol–water partition coefficient (Wildman–Crippen LogP) is 4.65. The fraction of sp³-hybridized carbons (Fsp3) is 0.941. The molecular weight excluding hydrogens is 264 g/mol. The Morgan fingerprint density at radius 3 is 2.05 bits per heavy atom. The highest BCUT2D eigenvalue weighted by molar-refractivity contribution is 6.74. The van der Waals surface area contributed by atoms with E-state index in [1.807, 2.05) is 0 Å². The SMILES string of the molecule is CC1(C)[C@@H]2[C@@H](O[Si](C)(C)C(C)(C)C)CC(=O)[C@@H]2C1(C)C. The summed E-state index contributed by atoms with van der Waals surface area (Å²) in [6.45, 7) is 20.5. The Morgan fingerprint density at radius 2 is 1.60 bits per heavy atom. The molecule has 0 unspecified atom stereocenters. The lowest BCUT2D eigenvalue weighted by atomic mass is 9.41. The van der Waals surface area contributed by atoms with Crippen LogP contribution in [0.5, 0.6) is 0 Å². The second kappa shape index (κ2) is 4.19. The van der Waals surface area contributed by atoms with E-state index in [4.69, 9.17) is 4.43 Å². The summed E-state index contributed by atoms with van der Waals surface area (Å²) in [4.78, 5) is 12.4. The van der Waals surface area contributed by atoms with E-state index < -0.39 is 8.32 Å². The van der Waals surface area contributed by atoms with E-state index in [9.17, 15) is 4.79 Å². The number of rotatable bonds is 2. The zero-order valence-corrected chi connectivity index (χ0v) is 15.8. The monoisotopic (exact) mass is 296 g/mol. The Labute approximate surface area is 125 Å². The zero-order valence-electron chi connectivity index (χ0n) is 14.8. The second-order valence-corrected chi connectivity index (χ2v) is 14.3. The maximum Gasteiger partial charge on any atom is 0.192 e. The zero-order chi connectivity index (χ0) is 15.7. The Morgan fingerprint density at radius 1 is 1.10 bits per heavy atom. The summed E-state index contributed by atoms with van der Waals surface area (Å²) in [6.07, 6.45) is 0.783. The molecule has 0 heterocycles. The molecule has 0 aliphatic heterocycles. The molecule has 2 nitrogen and oxygen atoms in total. The minimum absolute atomic E-state index is 0.111. The lowest BCUT2D eigenvalue weighted by molar-refractivity contribution is -0.181. The molecule has 2 aliphatic rings. The summed E-state index contributed by atoms with van der Waals surface area (Å²) in [5.74, 6) is 1.06. The van der Waals surface area contributed by atoms with Crippen molar-refractivity contribution >= 4 is 14.1 Å². The van der Waals surface area contributed by atoms with Crippen molar-refractivity contribution in [3.8, 4) is 0 Å². The van der Waals surface area contributed by atoms with Crippen molar-refractivity contribution in [1.82, 2.24) is 0 Å². The Balaban J connectivity index is 2.23. The van der Waals surface area contributed by atoms with Crippen molar-refractivity contribution < 1.29 is 9.22 Å². The van der Waals surface area contributed by atoms with Crippen LogP contribution in [0.3, 0.4) is 0 Å². The quantitative estimate of drug-likeness (QED) is 0.693. The van der Waals surface area contributed by atoms with Gasteiger partial charge in [0.15, 0.2) is 8.32 Å². The lowest BCUT2D eigenvalue weighted by Gasteiger charge is -2.63. The van der Waals surface area contributed by atoms with Gasteiger partial charge in [-0.1, -0.05) is 48.5 Å². The number of carbonyl (C=O) groups excluding carboxylic acids is 1. The smallest absolute Gasteiger partial charge is 0.192 e. The molecule has 0 aromatic heterocycles. The van der Waals surface area contributed by atoms with Crippen molar-refractivity contribution in [3.63, 3.8) is 0 Å². The van der Waals surface area contributed by atoms with Crippen LogP contribution in [0.4, 0.5) is 0 Å². The van der Waals surface area contributed by atoms with Crippen LogP contribution < -0.4 is 0 Å². The third-order valence-corrected chi connectivity index (χ3v) is 11.5. The summed E-state index contributed by atoms with van der Waals surface area (Å²) in [5.41, 5.74) is 0.303. The molecule has 0 spiro atoms. The Hall–Kier alpha value is -0.153. The van der Waals surface area contributed by atoms with E-state index in [0.717, 1.165) is 0 Å². The van der Waals surface area contributed by atoms with E-state index in [1.165, 1.54) is 0 Å². The van der Waals surface area contributed by atoms with Crippen LogP contribution in [0.1, 0.15) is 54.9 Å². The largest absolute Gasteiger partial charge is 0.413 e. The molecule has 0 bridgehead atoms. The van der Waals surface area contributed by atoms with Crippen LogP contribution in [0.15, 0.2) is 0 Å². The van der Waals surface area contributed by atoms with Gasteiger partial charge in [-0.05, 0) is 29.0 Å². The topological polar surface area (TPSA) is 26.3 Å². The van der Waals surface area contributed by atoms with Crippen LogP contribution in [0.25, 0.3) is 0 Å². The minimum atomic E-state index is -1.80. The first-order valence-corrected chi connectivity index (χ1v) is 10.8. The third-order valence-electron chi connectivity index (χ3n) is 7.03. The molecule has 20 heavy (non-hydrogen) atoms. The molecule has 2 fully saturated rings.